The average molecular weight is 449 g/mol. The highest BCUT2D eigenvalue weighted by Gasteiger charge is 2.27. The lowest BCUT2D eigenvalue weighted by atomic mass is 10.1. The fraction of sp³-hybridized carbons (Fsp3) is 0.176. The summed E-state index contributed by atoms with van der Waals surface area (Å²) in [4.78, 5) is 34.3. The summed E-state index contributed by atoms with van der Waals surface area (Å²) in [7, 11) is 1.06. The van der Waals surface area contributed by atoms with Gasteiger partial charge in [-0.15, -0.1) is 0 Å². The van der Waals surface area contributed by atoms with Crippen LogP contribution in [0.3, 0.4) is 0 Å². The number of nitro groups is 1. The van der Waals surface area contributed by atoms with Crippen molar-refractivity contribution in [2.75, 3.05) is 19.0 Å². The quantitative estimate of drug-likeness (QED) is 0.371. The third-order valence-corrected chi connectivity index (χ3v) is 3.77. The zero-order valence-electron chi connectivity index (χ0n) is 15.0. The Morgan fingerprint density at radius 1 is 1.23 bits per heavy atom. The van der Waals surface area contributed by atoms with E-state index >= 15 is 0 Å². The van der Waals surface area contributed by atoms with Crippen molar-refractivity contribution in [1.29, 1.82) is 0 Å². The predicted molar refractivity (Wildman–Crippen MR) is 96.6 cm³/mol. The molecule has 2 rings (SSSR count). The minimum absolute atomic E-state index is 0.0419. The lowest BCUT2D eigenvalue weighted by molar-refractivity contribution is -0.385. The number of nitro benzene ring substituents is 1. The number of halogens is 4. The molecule has 2 aromatic carbocycles. The number of hydrogen-bond donors (Lipinski definition) is 1. The van der Waals surface area contributed by atoms with Crippen molar-refractivity contribution >= 4 is 34.9 Å². The van der Waals surface area contributed by atoms with Gasteiger partial charge in [-0.05, 0) is 18.2 Å². The Hall–Kier alpha value is -3.54. The zero-order valence-corrected chi connectivity index (χ0v) is 15.7. The second kappa shape index (κ2) is 9.78. The summed E-state index contributed by atoms with van der Waals surface area (Å²) in [6.07, 6.45) is 0. The van der Waals surface area contributed by atoms with Crippen LogP contribution in [0.15, 0.2) is 30.3 Å². The van der Waals surface area contributed by atoms with Gasteiger partial charge in [0.2, 0.25) is 0 Å². The molecule has 0 aliphatic heterocycles. The van der Waals surface area contributed by atoms with E-state index in [0.29, 0.717) is 6.07 Å². The third-order valence-electron chi connectivity index (χ3n) is 3.45. The summed E-state index contributed by atoms with van der Waals surface area (Å²) in [5.74, 6) is -3.87. The van der Waals surface area contributed by atoms with E-state index in [1.54, 1.807) is 0 Å². The van der Waals surface area contributed by atoms with Gasteiger partial charge in [0.05, 0.1) is 28.8 Å². The van der Waals surface area contributed by atoms with Crippen molar-refractivity contribution in [3.8, 4) is 11.5 Å². The molecule has 1 amide bonds. The van der Waals surface area contributed by atoms with E-state index in [4.69, 9.17) is 21.1 Å². The maximum atomic E-state index is 13.0. The number of amides is 1. The molecule has 0 aromatic heterocycles. The number of anilines is 1. The molecule has 9 nitrogen and oxygen atoms in total. The SMILES string of the molecule is COc1cc(C(=O)OCC(=O)Nc2ccc(F)cc2Cl)c([N+](=O)[O-])cc1OC(F)F. The molecule has 13 heteroatoms. The van der Waals surface area contributed by atoms with Gasteiger partial charge >= 0.3 is 12.6 Å². The highest BCUT2D eigenvalue weighted by atomic mass is 35.5. The largest absolute Gasteiger partial charge is 0.493 e. The standard InChI is InChI=1S/C17H12ClF3N2O7/c1-28-13-5-9(12(23(26)27)6-14(13)30-17(20)21)16(25)29-7-15(24)22-11-3-2-8(19)4-10(11)18/h2-6,17H,7H2,1H3,(H,22,24). The van der Waals surface area contributed by atoms with Crippen LogP contribution in [0.1, 0.15) is 10.4 Å². The highest BCUT2D eigenvalue weighted by Crippen LogP contribution is 2.36. The van der Waals surface area contributed by atoms with E-state index in [-0.39, 0.29) is 10.7 Å². The Morgan fingerprint density at radius 2 is 1.93 bits per heavy atom. The van der Waals surface area contributed by atoms with E-state index in [1.165, 1.54) is 6.07 Å². The minimum atomic E-state index is -3.29. The molecule has 0 spiro atoms. The van der Waals surface area contributed by atoms with Gasteiger partial charge in [0.1, 0.15) is 11.4 Å². The number of nitrogens with one attached hydrogen (secondary N) is 1. The van der Waals surface area contributed by atoms with Crippen LogP contribution in [0, 0.1) is 15.9 Å². The lowest BCUT2D eigenvalue weighted by Gasteiger charge is -2.12. The maximum Gasteiger partial charge on any atom is 0.387 e. The van der Waals surface area contributed by atoms with Gasteiger partial charge in [-0.2, -0.15) is 8.78 Å². The van der Waals surface area contributed by atoms with Gasteiger partial charge < -0.3 is 19.5 Å². The summed E-state index contributed by atoms with van der Waals surface area (Å²) < 4.78 is 51.5. The van der Waals surface area contributed by atoms with Crippen LogP contribution in [-0.2, 0) is 9.53 Å². The average Bonchev–Trinajstić information content (AvgIpc) is 2.67. The van der Waals surface area contributed by atoms with Crippen molar-refractivity contribution in [2.24, 2.45) is 0 Å². The summed E-state index contributed by atoms with van der Waals surface area (Å²) >= 11 is 5.76. The van der Waals surface area contributed by atoms with Crippen molar-refractivity contribution < 1.29 is 41.9 Å². The summed E-state index contributed by atoms with van der Waals surface area (Å²) in [6.45, 7) is -4.17. The van der Waals surface area contributed by atoms with Crippen LogP contribution in [0.5, 0.6) is 11.5 Å². The molecule has 30 heavy (non-hydrogen) atoms. The number of ether oxygens (including phenoxy) is 3. The lowest BCUT2D eigenvalue weighted by Crippen LogP contribution is -2.21. The molecular weight excluding hydrogens is 437 g/mol. The first-order chi connectivity index (χ1) is 14.1. The van der Waals surface area contributed by atoms with Gasteiger partial charge in [0, 0.05) is 6.07 Å². The third kappa shape index (κ3) is 5.73. The first kappa shape index (κ1) is 22.7. The van der Waals surface area contributed by atoms with Crippen LogP contribution in [0.2, 0.25) is 5.02 Å². The second-order valence-corrected chi connectivity index (χ2v) is 5.81. The van der Waals surface area contributed by atoms with E-state index in [0.717, 1.165) is 25.3 Å². The highest BCUT2D eigenvalue weighted by molar-refractivity contribution is 6.33. The second-order valence-electron chi connectivity index (χ2n) is 5.40. The number of carbonyl (C=O) groups excluding carboxylic acids is 2. The molecule has 0 fully saturated rings. The fourth-order valence-electron chi connectivity index (χ4n) is 2.20. The van der Waals surface area contributed by atoms with E-state index < -0.39 is 58.6 Å². The van der Waals surface area contributed by atoms with Crippen molar-refractivity contribution in [1.82, 2.24) is 0 Å². The van der Waals surface area contributed by atoms with E-state index in [9.17, 15) is 32.9 Å². The van der Waals surface area contributed by atoms with Gasteiger partial charge in [0.15, 0.2) is 18.1 Å². The summed E-state index contributed by atoms with van der Waals surface area (Å²) in [6, 6.07) is 4.50. The van der Waals surface area contributed by atoms with E-state index in [1.807, 2.05) is 0 Å². The van der Waals surface area contributed by atoms with Gasteiger partial charge in [-0.25, -0.2) is 9.18 Å². The molecule has 160 valence electrons. The Morgan fingerprint density at radius 3 is 2.50 bits per heavy atom. The number of hydrogen-bond acceptors (Lipinski definition) is 7. The van der Waals surface area contributed by atoms with Crippen LogP contribution < -0.4 is 14.8 Å². The van der Waals surface area contributed by atoms with Crippen molar-refractivity contribution in [3.05, 3.63) is 56.8 Å². The number of alkyl halides is 2. The molecule has 1 N–H and O–H groups in total. The van der Waals surface area contributed by atoms with Crippen LogP contribution >= 0.6 is 11.6 Å². The van der Waals surface area contributed by atoms with Crippen molar-refractivity contribution in [2.45, 2.75) is 6.61 Å². The Kier molecular flexibility index (Phi) is 7.42. The summed E-state index contributed by atoms with van der Waals surface area (Å²) in [5.41, 5.74) is -1.52. The molecule has 0 aliphatic rings. The van der Waals surface area contributed by atoms with Crippen molar-refractivity contribution in [3.63, 3.8) is 0 Å². The normalized spacial score (nSPS) is 10.5. The van der Waals surface area contributed by atoms with Gasteiger partial charge in [0.25, 0.3) is 11.6 Å². The number of rotatable bonds is 8. The first-order valence-corrected chi connectivity index (χ1v) is 8.23. The Labute approximate surface area is 171 Å². The molecule has 0 radical (unpaired) electrons. The predicted octanol–water partition coefficient (Wildman–Crippen LogP) is 3.79. The molecule has 2 aromatic rings. The van der Waals surface area contributed by atoms with Crippen LogP contribution in [0.25, 0.3) is 0 Å². The Bertz CT molecular complexity index is 988. The molecular formula is C17H12ClF3N2O7. The van der Waals surface area contributed by atoms with E-state index in [2.05, 4.69) is 10.1 Å². The monoisotopic (exact) mass is 448 g/mol. The number of esters is 1. The summed E-state index contributed by atoms with van der Waals surface area (Å²) in [5, 5.41) is 13.3. The smallest absolute Gasteiger partial charge is 0.387 e. The van der Waals surface area contributed by atoms with Gasteiger partial charge in [-0.1, -0.05) is 11.6 Å². The molecule has 0 atom stereocenters. The molecule has 0 saturated carbocycles. The fourth-order valence-corrected chi connectivity index (χ4v) is 2.41. The topological polar surface area (TPSA) is 117 Å². The number of benzene rings is 2. The minimum Gasteiger partial charge on any atom is -0.493 e. The number of methoxy groups -OCH3 is 1. The zero-order chi connectivity index (χ0) is 22.4. The maximum absolute atomic E-state index is 13.0. The Balaban J connectivity index is 2.17. The molecule has 0 aliphatic carbocycles. The number of nitrogens with zero attached hydrogens (tertiary/aromatic N) is 1. The number of carbonyl (C=O) groups is 2. The van der Waals surface area contributed by atoms with Crippen LogP contribution in [0.4, 0.5) is 24.5 Å². The molecule has 0 heterocycles. The van der Waals surface area contributed by atoms with Gasteiger partial charge in [-0.3, -0.25) is 14.9 Å². The molecule has 0 saturated heterocycles. The van der Waals surface area contributed by atoms with Crippen LogP contribution in [-0.4, -0.2) is 37.1 Å². The molecule has 0 bridgehead atoms. The first-order valence-electron chi connectivity index (χ1n) is 7.85. The molecule has 0 unspecified atom stereocenters.